The summed E-state index contributed by atoms with van der Waals surface area (Å²) < 4.78 is 0. The zero-order chi connectivity index (χ0) is 13.5. The molecule has 2 aromatic carbocycles. The maximum Gasteiger partial charge on any atom is 0.143 e. The van der Waals surface area contributed by atoms with Crippen molar-refractivity contribution >= 4 is 23.5 Å². The van der Waals surface area contributed by atoms with E-state index in [4.69, 9.17) is 11.6 Å². The number of allylic oxidation sites excluding steroid dienone is 2. The third kappa shape index (κ3) is 4.08. The molecule has 2 rings (SSSR count). The summed E-state index contributed by atoms with van der Waals surface area (Å²) in [6.45, 7) is 0. The van der Waals surface area contributed by atoms with E-state index in [9.17, 15) is 4.79 Å². The minimum Gasteiger partial charge on any atom is -0.299 e. The third-order valence-corrected chi connectivity index (χ3v) is 3.26. The van der Waals surface area contributed by atoms with Crippen LogP contribution in [0.15, 0.2) is 60.7 Å². The standard InChI is InChI=1S/C17H15ClO/c18-17-10-7-14(8-11-17)6-9-16(12-13-19)15-4-2-1-3-5-15/h1-5,7-8,10-13H,6,9H2/b16-12-. The molecule has 0 heterocycles. The van der Waals surface area contributed by atoms with Crippen LogP contribution < -0.4 is 0 Å². The Balaban J connectivity index is 2.08. The van der Waals surface area contributed by atoms with Crippen molar-refractivity contribution < 1.29 is 4.79 Å². The van der Waals surface area contributed by atoms with E-state index in [2.05, 4.69) is 0 Å². The van der Waals surface area contributed by atoms with Gasteiger partial charge >= 0.3 is 0 Å². The number of benzene rings is 2. The molecule has 0 amide bonds. The van der Waals surface area contributed by atoms with Crippen LogP contribution >= 0.6 is 11.6 Å². The molecule has 0 unspecified atom stereocenters. The number of halogens is 1. The second-order valence-corrected chi connectivity index (χ2v) is 4.76. The van der Waals surface area contributed by atoms with Gasteiger partial charge in [-0.15, -0.1) is 0 Å². The van der Waals surface area contributed by atoms with Crippen LogP contribution in [0, 0.1) is 0 Å². The van der Waals surface area contributed by atoms with Crippen LogP contribution in [0.25, 0.3) is 5.57 Å². The summed E-state index contributed by atoms with van der Waals surface area (Å²) in [6, 6.07) is 17.8. The van der Waals surface area contributed by atoms with Gasteiger partial charge in [0, 0.05) is 5.02 Å². The molecule has 96 valence electrons. The molecule has 0 N–H and O–H groups in total. The van der Waals surface area contributed by atoms with Crippen LogP contribution in [0.2, 0.25) is 5.02 Å². The highest BCUT2D eigenvalue weighted by Crippen LogP contribution is 2.20. The van der Waals surface area contributed by atoms with Crippen molar-refractivity contribution in [2.75, 3.05) is 0 Å². The highest BCUT2D eigenvalue weighted by Gasteiger charge is 2.02. The van der Waals surface area contributed by atoms with E-state index in [1.165, 1.54) is 5.56 Å². The van der Waals surface area contributed by atoms with Gasteiger partial charge < -0.3 is 0 Å². The Morgan fingerprint density at radius 2 is 1.68 bits per heavy atom. The largest absolute Gasteiger partial charge is 0.299 e. The van der Waals surface area contributed by atoms with Gasteiger partial charge in [0.05, 0.1) is 0 Å². The monoisotopic (exact) mass is 270 g/mol. The number of carbonyl (C=O) groups excluding carboxylic acids is 1. The van der Waals surface area contributed by atoms with Gasteiger partial charge in [-0.2, -0.15) is 0 Å². The second kappa shape index (κ2) is 6.91. The van der Waals surface area contributed by atoms with Crippen molar-refractivity contribution in [2.24, 2.45) is 0 Å². The molecule has 0 atom stereocenters. The Hall–Kier alpha value is -1.86. The molecule has 0 spiro atoms. The lowest BCUT2D eigenvalue weighted by atomic mass is 9.98. The van der Waals surface area contributed by atoms with Crippen LogP contribution in [0.5, 0.6) is 0 Å². The molecule has 0 saturated heterocycles. The molecule has 0 aliphatic rings. The van der Waals surface area contributed by atoms with Crippen LogP contribution in [0.3, 0.4) is 0 Å². The van der Waals surface area contributed by atoms with E-state index in [1.807, 2.05) is 54.6 Å². The van der Waals surface area contributed by atoms with E-state index < -0.39 is 0 Å². The van der Waals surface area contributed by atoms with E-state index in [0.717, 1.165) is 35.3 Å². The molecule has 0 bridgehead atoms. The lowest BCUT2D eigenvalue weighted by Gasteiger charge is -2.07. The zero-order valence-electron chi connectivity index (χ0n) is 10.6. The number of aryl methyl sites for hydroxylation is 1. The number of rotatable bonds is 5. The molecule has 0 aliphatic carbocycles. The molecular weight excluding hydrogens is 256 g/mol. The first-order valence-corrected chi connectivity index (χ1v) is 6.61. The van der Waals surface area contributed by atoms with Gasteiger partial charge in [-0.05, 0) is 47.8 Å². The maximum atomic E-state index is 10.8. The number of carbonyl (C=O) groups is 1. The average Bonchev–Trinajstić information content (AvgIpc) is 2.46. The van der Waals surface area contributed by atoms with Gasteiger partial charge in [0.1, 0.15) is 6.29 Å². The first kappa shape index (κ1) is 13.6. The van der Waals surface area contributed by atoms with Gasteiger partial charge in [0.2, 0.25) is 0 Å². The molecule has 1 nitrogen and oxygen atoms in total. The highest BCUT2D eigenvalue weighted by molar-refractivity contribution is 6.30. The SMILES string of the molecule is O=C/C=C(/CCc1ccc(Cl)cc1)c1ccccc1. The molecule has 2 aromatic rings. The second-order valence-electron chi connectivity index (χ2n) is 4.32. The van der Waals surface area contributed by atoms with Crippen molar-refractivity contribution in [3.05, 3.63) is 76.8 Å². The molecule has 0 fully saturated rings. The Kier molecular flexibility index (Phi) is 4.93. The summed E-state index contributed by atoms with van der Waals surface area (Å²) >= 11 is 5.86. The first-order valence-electron chi connectivity index (χ1n) is 6.24. The van der Waals surface area contributed by atoms with Crippen molar-refractivity contribution in [3.8, 4) is 0 Å². The number of hydrogen-bond acceptors (Lipinski definition) is 1. The van der Waals surface area contributed by atoms with Crippen LogP contribution in [-0.2, 0) is 11.2 Å². The summed E-state index contributed by atoms with van der Waals surface area (Å²) in [7, 11) is 0. The minimum absolute atomic E-state index is 0.746. The summed E-state index contributed by atoms with van der Waals surface area (Å²) in [4.78, 5) is 10.8. The molecule has 2 heteroatoms. The van der Waals surface area contributed by atoms with Crippen molar-refractivity contribution in [1.82, 2.24) is 0 Å². The van der Waals surface area contributed by atoms with Gasteiger partial charge in [0.25, 0.3) is 0 Å². The summed E-state index contributed by atoms with van der Waals surface area (Å²) in [5.74, 6) is 0. The predicted molar refractivity (Wildman–Crippen MR) is 80.3 cm³/mol. The Morgan fingerprint density at radius 3 is 2.32 bits per heavy atom. The van der Waals surface area contributed by atoms with Gasteiger partial charge in [-0.3, -0.25) is 4.79 Å². The first-order chi connectivity index (χ1) is 9.29. The zero-order valence-corrected chi connectivity index (χ0v) is 11.3. The van der Waals surface area contributed by atoms with Crippen molar-refractivity contribution in [1.29, 1.82) is 0 Å². The van der Waals surface area contributed by atoms with E-state index in [1.54, 1.807) is 6.08 Å². The van der Waals surface area contributed by atoms with Crippen LogP contribution in [0.1, 0.15) is 17.5 Å². The Labute approximate surface area is 118 Å². The molecular formula is C17H15ClO. The molecule has 0 radical (unpaired) electrons. The van der Waals surface area contributed by atoms with Crippen LogP contribution in [-0.4, -0.2) is 6.29 Å². The smallest absolute Gasteiger partial charge is 0.143 e. The highest BCUT2D eigenvalue weighted by atomic mass is 35.5. The van der Waals surface area contributed by atoms with Gasteiger partial charge in [-0.1, -0.05) is 54.1 Å². The third-order valence-electron chi connectivity index (χ3n) is 3.01. The fourth-order valence-corrected chi connectivity index (χ4v) is 2.11. The summed E-state index contributed by atoms with van der Waals surface area (Å²) in [5.41, 5.74) is 3.38. The Bertz CT molecular complexity index is 556. The average molecular weight is 271 g/mol. The Morgan fingerprint density at radius 1 is 1.00 bits per heavy atom. The van der Waals surface area contributed by atoms with Gasteiger partial charge in [0.15, 0.2) is 0 Å². The molecule has 0 aromatic heterocycles. The predicted octanol–water partition coefficient (Wildman–Crippen LogP) is 4.56. The topological polar surface area (TPSA) is 17.1 Å². The molecule has 0 aliphatic heterocycles. The normalized spacial score (nSPS) is 11.3. The van der Waals surface area contributed by atoms with Crippen LogP contribution in [0.4, 0.5) is 0 Å². The van der Waals surface area contributed by atoms with E-state index >= 15 is 0 Å². The van der Waals surface area contributed by atoms with Crippen molar-refractivity contribution in [2.45, 2.75) is 12.8 Å². The number of hydrogen-bond donors (Lipinski definition) is 0. The summed E-state index contributed by atoms with van der Waals surface area (Å²) in [5, 5.41) is 0.746. The van der Waals surface area contributed by atoms with E-state index in [0.29, 0.717) is 0 Å². The van der Waals surface area contributed by atoms with E-state index in [-0.39, 0.29) is 0 Å². The lowest BCUT2D eigenvalue weighted by molar-refractivity contribution is -0.104. The molecule has 0 saturated carbocycles. The fourth-order valence-electron chi connectivity index (χ4n) is 1.99. The quantitative estimate of drug-likeness (QED) is 0.575. The fraction of sp³-hybridized carbons (Fsp3) is 0.118. The lowest BCUT2D eigenvalue weighted by Crippen LogP contribution is -1.90. The van der Waals surface area contributed by atoms with Crippen molar-refractivity contribution in [3.63, 3.8) is 0 Å². The molecule has 19 heavy (non-hydrogen) atoms. The number of aldehydes is 1. The summed E-state index contributed by atoms with van der Waals surface area (Å²) in [6.07, 6.45) is 4.23. The maximum absolute atomic E-state index is 10.8. The minimum atomic E-state index is 0.746. The van der Waals surface area contributed by atoms with Gasteiger partial charge in [-0.25, -0.2) is 0 Å².